The van der Waals surface area contributed by atoms with Gasteiger partial charge in [-0.1, -0.05) is 6.42 Å². The van der Waals surface area contributed by atoms with Gasteiger partial charge < -0.3 is 4.90 Å². The van der Waals surface area contributed by atoms with Crippen LogP contribution in [0, 0.1) is 0 Å². The third-order valence-corrected chi connectivity index (χ3v) is 3.08. The van der Waals surface area contributed by atoms with Crippen LogP contribution >= 0.6 is 0 Å². The molecule has 1 amide bonds. The number of rotatable bonds is 2. The van der Waals surface area contributed by atoms with Crippen molar-refractivity contribution >= 4 is 14.6 Å². The number of hydrogen-bond donors (Lipinski definition) is 0. The normalized spacial score (nSPS) is 20.2. The average Bonchev–Trinajstić information content (AvgIpc) is 2.14. The van der Waals surface area contributed by atoms with Crippen molar-refractivity contribution in [2.75, 3.05) is 12.7 Å². The maximum atomic E-state index is 12.8. The molecule has 1 saturated heterocycles. The molecule has 0 spiro atoms. The van der Waals surface area contributed by atoms with Crippen LogP contribution in [0.4, 0.5) is 8.22 Å². The third-order valence-electron chi connectivity index (χ3n) is 2.14. The largest absolute Gasteiger partial charge is 0.440 e. The van der Waals surface area contributed by atoms with Gasteiger partial charge in [0.15, 0.2) is 0 Å². The van der Waals surface area contributed by atoms with E-state index in [1.165, 1.54) is 4.90 Å². The molecule has 1 fully saturated rings. The quantitative estimate of drug-likeness (QED) is 0.500. The van der Waals surface area contributed by atoms with Crippen molar-refractivity contribution in [3.05, 3.63) is 0 Å². The number of carbonyl (C=O) groups is 1. The summed E-state index contributed by atoms with van der Waals surface area (Å²) in [5.74, 6) is -0.0912. The lowest BCUT2D eigenvalue weighted by Gasteiger charge is -2.22. The molecule has 1 aliphatic rings. The second-order valence-corrected chi connectivity index (χ2v) is 6.15. The molecule has 0 radical (unpaired) electrons. The van der Waals surface area contributed by atoms with Crippen LogP contribution in [-0.4, -0.2) is 32.3 Å². The van der Waals surface area contributed by atoms with Crippen LogP contribution in [-0.2, 0) is 4.79 Å². The molecule has 0 N–H and O–H groups in total. The topological polar surface area (TPSA) is 20.3 Å². The van der Waals surface area contributed by atoms with Gasteiger partial charge in [0, 0.05) is 13.0 Å². The summed E-state index contributed by atoms with van der Waals surface area (Å²) in [4.78, 5) is 12.7. The van der Waals surface area contributed by atoms with E-state index in [1.807, 2.05) is 0 Å². The third kappa shape index (κ3) is 3.84. The molecule has 0 aromatic carbocycles. The van der Waals surface area contributed by atoms with Gasteiger partial charge in [0.2, 0.25) is 5.91 Å². The fraction of sp³-hybridized carbons (Fsp3) is 0.875. The van der Waals surface area contributed by atoms with Crippen LogP contribution in [0.1, 0.15) is 25.7 Å². The van der Waals surface area contributed by atoms with Crippen molar-refractivity contribution in [1.29, 1.82) is 0 Å². The van der Waals surface area contributed by atoms with Crippen LogP contribution < -0.4 is 0 Å². The van der Waals surface area contributed by atoms with Crippen LogP contribution in [0.2, 0.25) is 6.55 Å². The zero-order valence-corrected chi connectivity index (χ0v) is 8.85. The van der Waals surface area contributed by atoms with Gasteiger partial charge in [-0.05, 0) is 19.4 Å². The van der Waals surface area contributed by atoms with Crippen LogP contribution in [0.15, 0.2) is 0 Å². The second kappa shape index (κ2) is 4.17. The van der Waals surface area contributed by atoms with Crippen LogP contribution in [0.25, 0.3) is 0 Å². The van der Waals surface area contributed by atoms with Gasteiger partial charge in [-0.25, -0.2) is 0 Å². The standard InChI is InChI=1S/C8H15F2NOSi/c1-13(9,10)7-11-6-4-2-3-5-8(11)12/h2-7H2,1H3. The molecule has 0 unspecified atom stereocenters. The van der Waals surface area contributed by atoms with E-state index in [0.29, 0.717) is 13.0 Å². The minimum Gasteiger partial charge on any atom is -0.340 e. The van der Waals surface area contributed by atoms with Crippen molar-refractivity contribution in [1.82, 2.24) is 4.90 Å². The summed E-state index contributed by atoms with van der Waals surface area (Å²) in [6.07, 6.45) is 2.87. The molecule has 0 bridgehead atoms. The Labute approximate surface area is 78.3 Å². The van der Waals surface area contributed by atoms with Gasteiger partial charge in [-0.15, -0.1) is 0 Å². The van der Waals surface area contributed by atoms with E-state index in [4.69, 9.17) is 0 Å². The van der Waals surface area contributed by atoms with Gasteiger partial charge in [0.25, 0.3) is 0 Å². The number of carbonyl (C=O) groups excluding carboxylic acids is 1. The summed E-state index contributed by atoms with van der Waals surface area (Å²) < 4.78 is 25.5. The summed E-state index contributed by atoms with van der Waals surface area (Å²) in [7, 11) is -4.10. The molecule has 1 heterocycles. The molecule has 0 aromatic rings. The van der Waals surface area contributed by atoms with Crippen LogP contribution in [0.5, 0.6) is 0 Å². The van der Waals surface area contributed by atoms with E-state index >= 15 is 0 Å². The van der Waals surface area contributed by atoms with Gasteiger partial charge in [-0.3, -0.25) is 13.0 Å². The maximum absolute atomic E-state index is 12.8. The van der Waals surface area contributed by atoms with Gasteiger partial charge in [0.05, 0.1) is 6.17 Å². The van der Waals surface area contributed by atoms with E-state index < -0.39 is 8.74 Å². The van der Waals surface area contributed by atoms with Crippen molar-refractivity contribution < 1.29 is 13.0 Å². The SMILES string of the molecule is C[Si](F)(F)CN1CCCCCC1=O. The molecule has 13 heavy (non-hydrogen) atoms. The fourth-order valence-corrected chi connectivity index (χ4v) is 2.55. The highest BCUT2D eigenvalue weighted by molar-refractivity contribution is 6.65. The maximum Gasteiger partial charge on any atom is 0.440 e. The second-order valence-electron chi connectivity index (χ2n) is 3.70. The molecule has 0 aromatic heterocycles. The van der Waals surface area contributed by atoms with Gasteiger partial charge in [-0.2, -0.15) is 0 Å². The van der Waals surface area contributed by atoms with Gasteiger partial charge >= 0.3 is 8.74 Å². The summed E-state index contributed by atoms with van der Waals surface area (Å²) in [5, 5.41) is 0. The highest BCUT2D eigenvalue weighted by atomic mass is 28.4. The monoisotopic (exact) mass is 207 g/mol. The first-order valence-electron chi connectivity index (χ1n) is 4.65. The van der Waals surface area contributed by atoms with Crippen molar-refractivity contribution in [3.8, 4) is 0 Å². The average molecular weight is 207 g/mol. The van der Waals surface area contributed by atoms with Crippen molar-refractivity contribution in [2.45, 2.75) is 32.2 Å². The van der Waals surface area contributed by atoms with Crippen molar-refractivity contribution in [2.24, 2.45) is 0 Å². The molecule has 0 aliphatic carbocycles. The summed E-state index contributed by atoms with van der Waals surface area (Å²) in [5.41, 5.74) is 0. The van der Waals surface area contributed by atoms with E-state index in [1.54, 1.807) is 0 Å². The number of halogens is 2. The van der Waals surface area contributed by atoms with E-state index in [2.05, 4.69) is 0 Å². The summed E-state index contributed by atoms with van der Waals surface area (Å²) in [6, 6.07) is 0. The first-order valence-corrected chi connectivity index (χ1v) is 7.11. The minimum atomic E-state index is -4.10. The predicted octanol–water partition coefficient (Wildman–Crippen LogP) is 1.94. The Hall–Kier alpha value is -0.453. The lowest BCUT2D eigenvalue weighted by Crippen LogP contribution is -2.42. The highest BCUT2D eigenvalue weighted by Crippen LogP contribution is 2.15. The Kier molecular flexibility index (Phi) is 3.41. The zero-order valence-electron chi connectivity index (χ0n) is 7.85. The molecule has 5 heteroatoms. The molecule has 1 rings (SSSR count). The van der Waals surface area contributed by atoms with E-state index in [-0.39, 0.29) is 12.1 Å². The zero-order chi connectivity index (χ0) is 9.90. The first-order chi connectivity index (χ1) is 5.99. The summed E-state index contributed by atoms with van der Waals surface area (Å²) >= 11 is 0. The Morgan fingerprint density at radius 2 is 2.08 bits per heavy atom. The fourth-order valence-electron chi connectivity index (χ4n) is 1.54. The molecule has 2 nitrogen and oxygen atoms in total. The Balaban J connectivity index is 2.50. The molecule has 1 aliphatic heterocycles. The van der Waals surface area contributed by atoms with Crippen LogP contribution in [0.3, 0.4) is 0 Å². The molecule has 0 saturated carbocycles. The number of hydrogen-bond acceptors (Lipinski definition) is 1. The molecule has 0 atom stereocenters. The Morgan fingerprint density at radius 3 is 2.69 bits per heavy atom. The molecular formula is C8H15F2NOSi. The lowest BCUT2D eigenvalue weighted by molar-refractivity contribution is -0.130. The van der Waals surface area contributed by atoms with Gasteiger partial charge in [0.1, 0.15) is 0 Å². The number of nitrogens with zero attached hydrogens (tertiary/aromatic N) is 1. The number of likely N-dealkylation sites (tertiary alicyclic amines) is 1. The lowest BCUT2D eigenvalue weighted by atomic mass is 10.2. The Morgan fingerprint density at radius 1 is 1.38 bits per heavy atom. The smallest absolute Gasteiger partial charge is 0.340 e. The molecule has 76 valence electrons. The summed E-state index contributed by atoms with van der Waals surface area (Å²) in [6.45, 7) is 1.51. The van der Waals surface area contributed by atoms with Crippen molar-refractivity contribution in [3.63, 3.8) is 0 Å². The minimum absolute atomic E-state index is 0.0912. The first kappa shape index (κ1) is 10.6. The molecular weight excluding hydrogens is 192 g/mol. The van der Waals surface area contributed by atoms with E-state index in [0.717, 1.165) is 25.8 Å². The Bertz CT molecular complexity index is 193. The van der Waals surface area contributed by atoms with E-state index in [9.17, 15) is 13.0 Å². The number of amides is 1. The predicted molar refractivity (Wildman–Crippen MR) is 48.9 cm³/mol. The highest BCUT2D eigenvalue weighted by Gasteiger charge is 2.33.